The van der Waals surface area contributed by atoms with Crippen molar-refractivity contribution in [2.24, 2.45) is 5.73 Å². The van der Waals surface area contributed by atoms with Gasteiger partial charge in [-0.3, -0.25) is 0 Å². The molecule has 1 atom stereocenters. The van der Waals surface area contributed by atoms with Crippen molar-refractivity contribution >= 4 is 8.32 Å². The molecule has 96 valence electrons. The third-order valence-corrected chi connectivity index (χ3v) is 8.16. The molecule has 2 nitrogen and oxygen atoms in total. The summed E-state index contributed by atoms with van der Waals surface area (Å²) in [4.78, 5) is 0. The molecule has 3 heteroatoms. The Balaban J connectivity index is 2.58. The molecule has 0 amide bonds. The zero-order valence-corrected chi connectivity index (χ0v) is 12.7. The van der Waals surface area contributed by atoms with Gasteiger partial charge in [0.2, 0.25) is 0 Å². The van der Waals surface area contributed by atoms with Crippen molar-refractivity contribution in [3.63, 3.8) is 0 Å². The van der Waals surface area contributed by atoms with E-state index in [0.717, 1.165) is 5.56 Å². The first-order valence-electron chi connectivity index (χ1n) is 6.18. The van der Waals surface area contributed by atoms with E-state index in [1.54, 1.807) is 0 Å². The summed E-state index contributed by atoms with van der Waals surface area (Å²) in [6, 6.07) is 10.1. The minimum atomic E-state index is -1.68. The lowest BCUT2D eigenvalue weighted by Gasteiger charge is -2.37. The highest BCUT2D eigenvalue weighted by Gasteiger charge is 2.37. The molecule has 0 aromatic heterocycles. The van der Waals surface area contributed by atoms with Gasteiger partial charge in [-0.25, -0.2) is 0 Å². The third-order valence-electron chi connectivity index (χ3n) is 3.66. The second-order valence-corrected chi connectivity index (χ2v) is 10.9. The van der Waals surface area contributed by atoms with Crippen LogP contribution in [0.25, 0.3) is 0 Å². The lowest BCUT2D eigenvalue weighted by Crippen LogP contribution is -2.42. The zero-order chi connectivity index (χ0) is 13.1. The van der Waals surface area contributed by atoms with Gasteiger partial charge in [0.15, 0.2) is 8.32 Å². The fourth-order valence-corrected chi connectivity index (χ4v) is 2.34. The van der Waals surface area contributed by atoms with E-state index in [4.69, 9.17) is 10.2 Å². The van der Waals surface area contributed by atoms with E-state index < -0.39 is 8.32 Å². The molecule has 0 radical (unpaired) electrons. The van der Waals surface area contributed by atoms with E-state index in [-0.39, 0.29) is 11.1 Å². The van der Waals surface area contributed by atoms with Crippen LogP contribution in [0.4, 0.5) is 0 Å². The summed E-state index contributed by atoms with van der Waals surface area (Å²) in [6.45, 7) is 11.9. The minimum Gasteiger partial charge on any atom is -0.415 e. The second kappa shape index (κ2) is 5.34. The molecule has 1 aromatic rings. The Kier molecular flexibility index (Phi) is 4.53. The van der Waals surface area contributed by atoms with E-state index in [1.165, 1.54) is 0 Å². The molecule has 1 aromatic carbocycles. The van der Waals surface area contributed by atoms with Gasteiger partial charge in [-0.15, -0.1) is 0 Å². The Labute approximate surface area is 106 Å². The summed E-state index contributed by atoms with van der Waals surface area (Å²) >= 11 is 0. The van der Waals surface area contributed by atoms with Gasteiger partial charge < -0.3 is 10.2 Å². The smallest absolute Gasteiger partial charge is 0.192 e. The van der Waals surface area contributed by atoms with Crippen LogP contribution in [-0.2, 0) is 4.43 Å². The summed E-state index contributed by atoms with van der Waals surface area (Å²) in [5.41, 5.74) is 7.29. The molecule has 2 N–H and O–H groups in total. The van der Waals surface area contributed by atoms with Gasteiger partial charge in [0.05, 0.1) is 12.6 Å². The molecular formula is C14H25NOSi. The molecule has 0 saturated heterocycles. The third kappa shape index (κ3) is 3.94. The van der Waals surface area contributed by atoms with Gasteiger partial charge in [0.25, 0.3) is 0 Å². The molecule has 0 saturated carbocycles. The fraction of sp³-hybridized carbons (Fsp3) is 0.571. The predicted octanol–water partition coefficient (Wildman–Crippen LogP) is 3.71. The van der Waals surface area contributed by atoms with Crippen molar-refractivity contribution in [1.82, 2.24) is 0 Å². The molecule has 0 aliphatic heterocycles. The molecule has 0 fully saturated rings. The predicted molar refractivity (Wildman–Crippen MR) is 76.5 cm³/mol. The normalized spacial score (nSPS) is 14.7. The Morgan fingerprint density at radius 3 is 2.18 bits per heavy atom. The van der Waals surface area contributed by atoms with Crippen LogP contribution >= 0.6 is 0 Å². The lowest BCUT2D eigenvalue weighted by atomic mass is 10.1. The van der Waals surface area contributed by atoms with Gasteiger partial charge in [0.1, 0.15) is 0 Å². The van der Waals surface area contributed by atoms with Crippen LogP contribution in [0.15, 0.2) is 30.3 Å². The highest BCUT2D eigenvalue weighted by atomic mass is 28.4. The number of rotatable bonds is 4. The Hall–Kier alpha value is -0.643. The summed E-state index contributed by atoms with van der Waals surface area (Å²) in [6.07, 6.45) is 0. The van der Waals surface area contributed by atoms with Crippen molar-refractivity contribution in [3.05, 3.63) is 35.9 Å². The van der Waals surface area contributed by atoms with Crippen LogP contribution in [0.2, 0.25) is 18.1 Å². The monoisotopic (exact) mass is 251 g/mol. The van der Waals surface area contributed by atoms with Crippen LogP contribution in [0, 0.1) is 0 Å². The highest BCUT2D eigenvalue weighted by Crippen LogP contribution is 2.36. The molecule has 0 aliphatic carbocycles. The molecule has 0 bridgehead atoms. The Morgan fingerprint density at radius 2 is 1.71 bits per heavy atom. The zero-order valence-electron chi connectivity index (χ0n) is 11.7. The maximum atomic E-state index is 6.14. The standard InChI is InChI=1S/C14H25NOSi/c1-14(2,3)17(4,5)16-11-13(15)12-9-7-6-8-10-12/h6-10,13H,11,15H2,1-5H3/t13-/m1/s1. The van der Waals surface area contributed by atoms with Crippen molar-refractivity contribution < 1.29 is 4.43 Å². The van der Waals surface area contributed by atoms with Crippen LogP contribution < -0.4 is 5.73 Å². The quantitative estimate of drug-likeness (QED) is 0.828. The van der Waals surface area contributed by atoms with E-state index in [0.29, 0.717) is 6.61 Å². The molecule has 0 aliphatic rings. The molecule has 0 unspecified atom stereocenters. The summed E-state index contributed by atoms with van der Waals surface area (Å²) < 4.78 is 6.12. The maximum Gasteiger partial charge on any atom is 0.192 e. The first kappa shape index (κ1) is 14.4. The summed E-state index contributed by atoms with van der Waals surface area (Å²) in [5, 5.41) is 0.239. The topological polar surface area (TPSA) is 35.2 Å². The molecular weight excluding hydrogens is 226 g/mol. The minimum absolute atomic E-state index is 0.0228. The Bertz CT molecular complexity index is 343. The maximum absolute atomic E-state index is 6.14. The van der Waals surface area contributed by atoms with Crippen LogP contribution in [0.1, 0.15) is 32.4 Å². The van der Waals surface area contributed by atoms with Gasteiger partial charge in [-0.1, -0.05) is 51.1 Å². The average molecular weight is 251 g/mol. The van der Waals surface area contributed by atoms with Crippen molar-refractivity contribution in [1.29, 1.82) is 0 Å². The molecule has 17 heavy (non-hydrogen) atoms. The SMILES string of the molecule is CC(C)(C)[Si](C)(C)OC[C@@H](N)c1ccccc1. The van der Waals surface area contributed by atoms with E-state index in [1.807, 2.05) is 18.2 Å². The van der Waals surface area contributed by atoms with Crippen LogP contribution in [-0.4, -0.2) is 14.9 Å². The fourth-order valence-electron chi connectivity index (χ4n) is 1.31. The number of hydrogen-bond acceptors (Lipinski definition) is 2. The van der Waals surface area contributed by atoms with Gasteiger partial charge in [0, 0.05) is 0 Å². The molecule has 0 heterocycles. The second-order valence-electron chi connectivity index (χ2n) is 6.09. The van der Waals surface area contributed by atoms with E-state index in [9.17, 15) is 0 Å². The van der Waals surface area contributed by atoms with Crippen LogP contribution in [0.3, 0.4) is 0 Å². The largest absolute Gasteiger partial charge is 0.415 e. The number of hydrogen-bond donors (Lipinski definition) is 1. The van der Waals surface area contributed by atoms with Crippen molar-refractivity contribution in [2.75, 3.05) is 6.61 Å². The van der Waals surface area contributed by atoms with Crippen molar-refractivity contribution in [3.8, 4) is 0 Å². The number of nitrogens with two attached hydrogens (primary N) is 1. The highest BCUT2D eigenvalue weighted by molar-refractivity contribution is 6.74. The first-order chi connectivity index (χ1) is 7.74. The van der Waals surface area contributed by atoms with Gasteiger partial charge in [-0.05, 0) is 23.7 Å². The Morgan fingerprint density at radius 1 is 1.18 bits per heavy atom. The van der Waals surface area contributed by atoms with Gasteiger partial charge in [-0.2, -0.15) is 0 Å². The molecule has 1 rings (SSSR count). The summed E-state index contributed by atoms with van der Waals surface area (Å²) in [5.74, 6) is 0. The van der Waals surface area contributed by atoms with E-state index in [2.05, 4.69) is 46.0 Å². The average Bonchev–Trinajstić information content (AvgIpc) is 2.25. The first-order valence-corrected chi connectivity index (χ1v) is 9.09. The van der Waals surface area contributed by atoms with Crippen molar-refractivity contribution in [2.45, 2.75) is 44.9 Å². The van der Waals surface area contributed by atoms with Gasteiger partial charge >= 0.3 is 0 Å². The summed E-state index contributed by atoms with van der Waals surface area (Å²) in [7, 11) is -1.68. The van der Waals surface area contributed by atoms with E-state index >= 15 is 0 Å². The van der Waals surface area contributed by atoms with Crippen LogP contribution in [0.5, 0.6) is 0 Å². The number of benzene rings is 1. The lowest BCUT2D eigenvalue weighted by molar-refractivity contribution is 0.264. The molecule has 0 spiro atoms.